The van der Waals surface area contributed by atoms with Crippen LogP contribution in [0.25, 0.3) is 16.7 Å². The molecule has 0 saturated carbocycles. The third-order valence-corrected chi connectivity index (χ3v) is 5.24. The van der Waals surface area contributed by atoms with Gasteiger partial charge < -0.3 is 4.98 Å². The van der Waals surface area contributed by atoms with E-state index in [1.54, 1.807) is 12.3 Å². The Balaban J connectivity index is 1.39. The number of aromatic amines is 1. The highest BCUT2D eigenvalue weighted by Crippen LogP contribution is 2.25. The summed E-state index contributed by atoms with van der Waals surface area (Å²) in [6, 6.07) is 20.1. The number of nitrogens with zero attached hydrogens (tertiary/aromatic N) is 1. The summed E-state index contributed by atoms with van der Waals surface area (Å²) in [5, 5.41) is 0.780. The Kier molecular flexibility index (Phi) is 5.23. The molecule has 2 heterocycles. The molecule has 0 bridgehead atoms. The fraction of sp³-hybridized carbons (Fsp3) is 0.174. The highest BCUT2D eigenvalue weighted by atomic mass is 35.5. The minimum atomic E-state index is -0.0773. The Morgan fingerprint density at radius 1 is 0.889 bits per heavy atom. The van der Waals surface area contributed by atoms with E-state index in [-0.39, 0.29) is 5.56 Å². The van der Waals surface area contributed by atoms with Gasteiger partial charge in [0.15, 0.2) is 0 Å². The minimum Gasteiger partial charge on any atom is -0.328 e. The van der Waals surface area contributed by atoms with Gasteiger partial charge in [-0.1, -0.05) is 54.1 Å². The lowest BCUT2D eigenvalue weighted by Crippen LogP contribution is -2.27. The van der Waals surface area contributed by atoms with Gasteiger partial charge in [-0.3, -0.25) is 9.69 Å². The molecule has 1 aromatic heterocycles. The molecule has 0 spiro atoms. The van der Waals surface area contributed by atoms with Crippen molar-refractivity contribution in [1.82, 2.24) is 9.88 Å². The molecule has 4 heteroatoms. The highest BCUT2D eigenvalue weighted by Gasteiger charge is 2.13. The van der Waals surface area contributed by atoms with Gasteiger partial charge in [0.05, 0.1) is 0 Å². The normalized spacial score (nSPS) is 14.8. The van der Waals surface area contributed by atoms with Crippen LogP contribution in [0.4, 0.5) is 0 Å². The van der Waals surface area contributed by atoms with E-state index in [1.807, 2.05) is 18.2 Å². The molecular formula is C23H21ClN2O. The van der Waals surface area contributed by atoms with Crippen LogP contribution in [0.3, 0.4) is 0 Å². The van der Waals surface area contributed by atoms with E-state index in [1.165, 1.54) is 16.7 Å². The lowest BCUT2D eigenvalue weighted by molar-refractivity contribution is 0.294. The van der Waals surface area contributed by atoms with E-state index < -0.39 is 0 Å². The van der Waals surface area contributed by atoms with E-state index in [9.17, 15) is 4.79 Å². The highest BCUT2D eigenvalue weighted by molar-refractivity contribution is 6.30. The zero-order valence-corrected chi connectivity index (χ0v) is 15.7. The van der Waals surface area contributed by atoms with E-state index in [0.29, 0.717) is 0 Å². The number of hydrogen-bond donors (Lipinski definition) is 1. The molecule has 1 aliphatic rings. The number of benzene rings is 2. The van der Waals surface area contributed by atoms with Crippen LogP contribution in [0.1, 0.15) is 17.5 Å². The molecule has 0 saturated heterocycles. The minimum absolute atomic E-state index is 0.0773. The number of nitrogens with one attached hydrogen (secondary N) is 1. The molecule has 136 valence electrons. The van der Waals surface area contributed by atoms with E-state index >= 15 is 0 Å². The quantitative estimate of drug-likeness (QED) is 0.696. The standard InChI is InChI=1S/C23H21ClN2O/c24-22-8-5-18(6-9-22)20-11-13-26(14-12-20)16-17-1-3-19(4-2-17)21-7-10-23(27)25-15-21/h1-11,15H,12-14,16H2,(H,25,27). The lowest BCUT2D eigenvalue weighted by Gasteiger charge is -2.26. The number of H-pyrrole nitrogens is 1. The van der Waals surface area contributed by atoms with Crippen molar-refractivity contribution in [3.8, 4) is 11.1 Å². The van der Waals surface area contributed by atoms with Gasteiger partial charge in [-0.25, -0.2) is 0 Å². The van der Waals surface area contributed by atoms with Crippen LogP contribution in [0.15, 0.2) is 77.7 Å². The summed E-state index contributed by atoms with van der Waals surface area (Å²) >= 11 is 5.98. The van der Waals surface area contributed by atoms with Gasteiger partial charge in [-0.2, -0.15) is 0 Å². The smallest absolute Gasteiger partial charge is 0.247 e. The average molecular weight is 377 g/mol. The van der Waals surface area contributed by atoms with Crippen LogP contribution in [0.5, 0.6) is 0 Å². The number of aromatic nitrogens is 1. The largest absolute Gasteiger partial charge is 0.328 e. The summed E-state index contributed by atoms with van der Waals surface area (Å²) in [6.07, 6.45) is 5.13. The monoisotopic (exact) mass is 376 g/mol. The molecule has 0 radical (unpaired) electrons. The fourth-order valence-corrected chi connectivity index (χ4v) is 3.56. The Bertz CT molecular complexity index is 983. The Morgan fingerprint density at radius 2 is 1.59 bits per heavy atom. The van der Waals surface area contributed by atoms with Crippen LogP contribution in [-0.2, 0) is 6.54 Å². The molecule has 1 aliphatic heterocycles. The van der Waals surface area contributed by atoms with Crippen LogP contribution in [0.2, 0.25) is 5.02 Å². The molecule has 0 atom stereocenters. The second-order valence-electron chi connectivity index (χ2n) is 6.86. The van der Waals surface area contributed by atoms with Crippen molar-refractivity contribution in [3.63, 3.8) is 0 Å². The van der Waals surface area contributed by atoms with Crippen molar-refractivity contribution < 1.29 is 0 Å². The topological polar surface area (TPSA) is 36.1 Å². The SMILES string of the molecule is O=c1ccc(-c2ccc(CN3CC=C(c4ccc(Cl)cc4)CC3)cc2)c[nH]1. The zero-order valence-electron chi connectivity index (χ0n) is 15.0. The number of rotatable bonds is 4. The summed E-state index contributed by atoms with van der Waals surface area (Å²) < 4.78 is 0. The van der Waals surface area contributed by atoms with Crippen molar-refractivity contribution in [2.75, 3.05) is 13.1 Å². The van der Waals surface area contributed by atoms with Crippen molar-refractivity contribution in [2.45, 2.75) is 13.0 Å². The second-order valence-corrected chi connectivity index (χ2v) is 7.30. The van der Waals surface area contributed by atoms with Crippen LogP contribution < -0.4 is 5.56 Å². The van der Waals surface area contributed by atoms with E-state index in [2.05, 4.69) is 52.4 Å². The molecule has 0 amide bonds. The summed E-state index contributed by atoms with van der Waals surface area (Å²) in [5.74, 6) is 0. The molecule has 3 nitrogen and oxygen atoms in total. The third kappa shape index (κ3) is 4.38. The molecule has 27 heavy (non-hydrogen) atoms. The molecule has 1 N–H and O–H groups in total. The lowest BCUT2D eigenvalue weighted by atomic mass is 9.99. The van der Waals surface area contributed by atoms with Gasteiger partial charge in [0.25, 0.3) is 0 Å². The number of hydrogen-bond acceptors (Lipinski definition) is 2. The summed E-state index contributed by atoms with van der Waals surface area (Å²) in [5.41, 5.74) is 6.02. The first-order valence-corrected chi connectivity index (χ1v) is 9.50. The Hall–Kier alpha value is -2.62. The van der Waals surface area contributed by atoms with Crippen molar-refractivity contribution in [3.05, 3.63) is 99.4 Å². The molecule has 0 aliphatic carbocycles. The Labute approximate surface area is 163 Å². The summed E-state index contributed by atoms with van der Waals surface area (Å²) in [4.78, 5) is 16.4. The second kappa shape index (κ2) is 7.95. The van der Waals surface area contributed by atoms with Gasteiger partial charge in [-0.05, 0) is 52.4 Å². The van der Waals surface area contributed by atoms with Crippen LogP contribution in [-0.4, -0.2) is 23.0 Å². The number of pyridine rings is 1. The molecular weight excluding hydrogens is 356 g/mol. The van der Waals surface area contributed by atoms with E-state index in [0.717, 1.165) is 42.2 Å². The van der Waals surface area contributed by atoms with Gasteiger partial charge in [0.1, 0.15) is 0 Å². The average Bonchev–Trinajstić information content (AvgIpc) is 2.71. The maximum Gasteiger partial charge on any atom is 0.247 e. The first-order valence-electron chi connectivity index (χ1n) is 9.13. The van der Waals surface area contributed by atoms with Crippen LogP contribution in [0, 0.1) is 0 Å². The van der Waals surface area contributed by atoms with Crippen LogP contribution >= 0.6 is 11.6 Å². The maximum absolute atomic E-state index is 11.2. The third-order valence-electron chi connectivity index (χ3n) is 4.99. The molecule has 4 rings (SSSR count). The first kappa shape index (κ1) is 17.8. The predicted molar refractivity (Wildman–Crippen MR) is 112 cm³/mol. The van der Waals surface area contributed by atoms with Crippen molar-refractivity contribution >= 4 is 17.2 Å². The van der Waals surface area contributed by atoms with Crippen molar-refractivity contribution in [1.29, 1.82) is 0 Å². The van der Waals surface area contributed by atoms with Gasteiger partial charge in [-0.15, -0.1) is 0 Å². The molecule has 0 unspecified atom stereocenters. The van der Waals surface area contributed by atoms with Crippen molar-refractivity contribution in [2.24, 2.45) is 0 Å². The zero-order chi connectivity index (χ0) is 18.6. The molecule has 0 fully saturated rings. The summed E-state index contributed by atoms with van der Waals surface area (Å²) in [6.45, 7) is 2.95. The Morgan fingerprint density at radius 3 is 2.22 bits per heavy atom. The first-order chi connectivity index (χ1) is 13.2. The van der Waals surface area contributed by atoms with Gasteiger partial charge >= 0.3 is 0 Å². The summed E-state index contributed by atoms with van der Waals surface area (Å²) in [7, 11) is 0. The van der Waals surface area contributed by atoms with Gasteiger partial charge in [0.2, 0.25) is 5.56 Å². The maximum atomic E-state index is 11.2. The fourth-order valence-electron chi connectivity index (χ4n) is 3.43. The predicted octanol–water partition coefficient (Wildman–Crippen LogP) is 4.98. The van der Waals surface area contributed by atoms with E-state index in [4.69, 9.17) is 11.6 Å². The van der Waals surface area contributed by atoms with Gasteiger partial charge in [0, 0.05) is 36.9 Å². The molecule has 2 aromatic carbocycles. The molecule has 3 aromatic rings. The number of halogens is 1.